The van der Waals surface area contributed by atoms with Crippen molar-refractivity contribution >= 4 is 50.7 Å². The zero-order valence-electron chi connectivity index (χ0n) is 21.5. The summed E-state index contributed by atoms with van der Waals surface area (Å²) in [5, 5.41) is 3.22. The summed E-state index contributed by atoms with van der Waals surface area (Å²) in [7, 11) is -4.22. The Morgan fingerprint density at radius 2 is 1.50 bits per heavy atom. The number of anilines is 1. The zero-order chi connectivity index (χ0) is 27.9. The van der Waals surface area contributed by atoms with Crippen molar-refractivity contribution in [1.29, 1.82) is 0 Å². The quantitative estimate of drug-likeness (QED) is 0.332. The van der Waals surface area contributed by atoms with Crippen LogP contribution in [0.15, 0.2) is 83.8 Å². The molecule has 0 saturated carbocycles. The molecular formula is C28H31Cl2N3O4S. The van der Waals surface area contributed by atoms with E-state index in [1.165, 1.54) is 35.2 Å². The van der Waals surface area contributed by atoms with Crippen LogP contribution in [0.3, 0.4) is 0 Å². The Balaban J connectivity index is 2.03. The molecule has 0 radical (unpaired) electrons. The third kappa shape index (κ3) is 7.49. The second-order valence-electron chi connectivity index (χ2n) is 9.24. The first kappa shape index (κ1) is 29.5. The first-order valence-corrected chi connectivity index (χ1v) is 14.3. The van der Waals surface area contributed by atoms with Crippen LogP contribution in [0.2, 0.25) is 10.0 Å². The Bertz CT molecular complexity index is 1350. The number of nitrogens with zero attached hydrogens (tertiary/aromatic N) is 2. The number of hydrogen-bond acceptors (Lipinski definition) is 4. The van der Waals surface area contributed by atoms with E-state index < -0.39 is 28.5 Å². The van der Waals surface area contributed by atoms with Gasteiger partial charge in [0.25, 0.3) is 10.0 Å². The molecule has 10 heteroatoms. The fraction of sp³-hybridized carbons (Fsp3) is 0.286. The van der Waals surface area contributed by atoms with Crippen LogP contribution in [0.1, 0.15) is 26.3 Å². The molecule has 0 aromatic heterocycles. The summed E-state index contributed by atoms with van der Waals surface area (Å²) in [4.78, 5) is 28.2. The number of halogens is 2. The molecule has 202 valence electrons. The minimum atomic E-state index is -4.22. The first-order chi connectivity index (χ1) is 18.0. The van der Waals surface area contributed by atoms with Crippen molar-refractivity contribution in [2.24, 2.45) is 5.92 Å². The fourth-order valence-corrected chi connectivity index (χ4v) is 5.61. The molecule has 0 unspecified atom stereocenters. The van der Waals surface area contributed by atoms with Crippen molar-refractivity contribution in [2.75, 3.05) is 17.4 Å². The Kier molecular flexibility index (Phi) is 10.2. The Labute approximate surface area is 234 Å². The lowest BCUT2D eigenvalue weighted by Crippen LogP contribution is -2.51. The lowest BCUT2D eigenvalue weighted by molar-refractivity contribution is -0.139. The third-order valence-electron chi connectivity index (χ3n) is 5.83. The molecule has 0 fully saturated rings. The van der Waals surface area contributed by atoms with Gasteiger partial charge in [0.1, 0.15) is 12.6 Å². The summed E-state index contributed by atoms with van der Waals surface area (Å²) in [5.74, 6) is -0.682. The smallest absolute Gasteiger partial charge is 0.264 e. The van der Waals surface area contributed by atoms with Crippen LogP contribution < -0.4 is 9.62 Å². The van der Waals surface area contributed by atoms with Crippen molar-refractivity contribution in [3.8, 4) is 0 Å². The maximum atomic E-state index is 13.9. The van der Waals surface area contributed by atoms with Gasteiger partial charge in [-0.2, -0.15) is 0 Å². The molecule has 0 aliphatic heterocycles. The number of amides is 2. The summed E-state index contributed by atoms with van der Waals surface area (Å²) in [6.07, 6.45) is 0. The van der Waals surface area contributed by atoms with Crippen LogP contribution in [0.5, 0.6) is 0 Å². The van der Waals surface area contributed by atoms with E-state index >= 15 is 0 Å². The molecule has 0 saturated heterocycles. The monoisotopic (exact) mass is 575 g/mol. The second-order valence-corrected chi connectivity index (χ2v) is 11.9. The standard InChI is InChI=1S/C28H31Cl2N3O4S/c1-20(2)17-31-28(35)21(3)32(18-22-10-6-4-7-11-22)27(34)19-33(26-16-23(29)14-15-25(26)30)38(36,37)24-12-8-5-9-13-24/h4-16,20-21H,17-19H2,1-3H3,(H,31,35)/t21-/m1/s1. The van der Waals surface area contributed by atoms with Gasteiger partial charge >= 0.3 is 0 Å². The molecule has 1 N–H and O–H groups in total. The summed E-state index contributed by atoms with van der Waals surface area (Å²) in [6.45, 7) is 5.53. The maximum absolute atomic E-state index is 13.9. The van der Waals surface area contributed by atoms with Gasteiger partial charge in [0.2, 0.25) is 11.8 Å². The average molecular weight is 577 g/mol. The number of carbonyl (C=O) groups excluding carboxylic acids is 2. The summed E-state index contributed by atoms with van der Waals surface area (Å²) in [5.41, 5.74) is 0.857. The molecule has 3 aromatic rings. The molecule has 3 aromatic carbocycles. The topological polar surface area (TPSA) is 86.8 Å². The lowest BCUT2D eigenvalue weighted by atomic mass is 10.1. The van der Waals surface area contributed by atoms with E-state index in [1.807, 2.05) is 44.2 Å². The maximum Gasteiger partial charge on any atom is 0.264 e. The van der Waals surface area contributed by atoms with Gasteiger partial charge in [-0.1, -0.05) is 85.6 Å². The molecule has 0 bridgehead atoms. The minimum Gasteiger partial charge on any atom is -0.354 e. The van der Waals surface area contributed by atoms with Gasteiger partial charge in [-0.15, -0.1) is 0 Å². The summed E-state index contributed by atoms with van der Waals surface area (Å²) >= 11 is 12.6. The molecule has 0 aliphatic rings. The number of hydrogen-bond donors (Lipinski definition) is 1. The first-order valence-electron chi connectivity index (χ1n) is 12.1. The van der Waals surface area contributed by atoms with Gasteiger partial charge in [-0.25, -0.2) is 8.42 Å². The lowest BCUT2D eigenvalue weighted by Gasteiger charge is -2.32. The van der Waals surface area contributed by atoms with Crippen LogP contribution in [0, 0.1) is 5.92 Å². The molecule has 1 atom stereocenters. The molecule has 2 amide bonds. The minimum absolute atomic E-state index is 0.0128. The SMILES string of the molecule is CC(C)CNC(=O)[C@@H](C)N(Cc1ccccc1)C(=O)CN(c1cc(Cl)ccc1Cl)S(=O)(=O)c1ccccc1. The van der Waals surface area contributed by atoms with Gasteiger partial charge in [0.05, 0.1) is 15.6 Å². The number of nitrogens with one attached hydrogen (secondary N) is 1. The predicted octanol–water partition coefficient (Wildman–Crippen LogP) is 5.38. The van der Waals surface area contributed by atoms with Gasteiger partial charge in [-0.3, -0.25) is 13.9 Å². The summed E-state index contributed by atoms with van der Waals surface area (Å²) < 4.78 is 28.5. The Morgan fingerprint density at radius 1 is 0.895 bits per heavy atom. The van der Waals surface area contributed by atoms with E-state index in [4.69, 9.17) is 23.2 Å². The van der Waals surface area contributed by atoms with Crippen LogP contribution in [0.4, 0.5) is 5.69 Å². The number of benzene rings is 3. The number of carbonyl (C=O) groups is 2. The van der Waals surface area contributed by atoms with E-state index in [1.54, 1.807) is 25.1 Å². The summed E-state index contributed by atoms with van der Waals surface area (Å²) in [6, 6.07) is 20.5. The van der Waals surface area contributed by atoms with E-state index in [-0.39, 0.29) is 39.0 Å². The third-order valence-corrected chi connectivity index (χ3v) is 8.16. The highest BCUT2D eigenvalue weighted by molar-refractivity contribution is 7.92. The fourth-order valence-electron chi connectivity index (χ4n) is 3.73. The van der Waals surface area contributed by atoms with Crippen LogP contribution >= 0.6 is 23.2 Å². The van der Waals surface area contributed by atoms with E-state index in [2.05, 4.69) is 5.32 Å². The Morgan fingerprint density at radius 3 is 2.11 bits per heavy atom. The molecule has 0 aliphatic carbocycles. The predicted molar refractivity (Wildman–Crippen MR) is 152 cm³/mol. The van der Waals surface area contributed by atoms with Gasteiger partial charge in [0.15, 0.2) is 0 Å². The van der Waals surface area contributed by atoms with Crippen LogP contribution in [-0.2, 0) is 26.2 Å². The Hall–Kier alpha value is -3.07. The normalized spacial score (nSPS) is 12.2. The molecule has 38 heavy (non-hydrogen) atoms. The van der Waals surface area contributed by atoms with Gasteiger partial charge < -0.3 is 10.2 Å². The highest BCUT2D eigenvalue weighted by atomic mass is 35.5. The molecular weight excluding hydrogens is 545 g/mol. The second kappa shape index (κ2) is 13.1. The van der Waals surface area contributed by atoms with Crippen molar-refractivity contribution in [3.63, 3.8) is 0 Å². The van der Waals surface area contributed by atoms with Crippen molar-refractivity contribution in [2.45, 2.75) is 38.3 Å². The van der Waals surface area contributed by atoms with Crippen molar-refractivity contribution in [1.82, 2.24) is 10.2 Å². The molecule has 3 rings (SSSR count). The van der Waals surface area contributed by atoms with Gasteiger partial charge in [-0.05, 0) is 48.7 Å². The number of sulfonamides is 1. The van der Waals surface area contributed by atoms with Crippen molar-refractivity contribution in [3.05, 3.63) is 94.5 Å². The van der Waals surface area contributed by atoms with E-state index in [9.17, 15) is 18.0 Å². The highest BCUT2D eigenvalue weighted by Crippen LogP contribution is 2.33. The number of rotatable bonds is 11. The molecule has 0 spiro atoms. The van der Waals surface area contributed by atoms with Crippen molar-refractivity contribution < 1.29 is 18.0 Å². The van der Waals surface area contributed by atoms with Gasteiger partial charge in [0, 0.05) is 18.1 Å². The highest BCUT2D eigenvalue weighted by Gasteiger charge is 2.33. The largest absolute Gasteiger partial charge is 0.354 e. The molecule has 7 nitrogen and oxygen atoms in total. The zero-order valence-corrected chi connectivity index (χ0v) is 23.8. The van der Waals surface area contributed by atoms with E-state index in [0.29, 0.717) is 6.54 Å². The molecule has 0 heterocycles. The van der Waals surface area contributed by atoms with Crippen LogP contribution in [-0.4, -0.2) is 44.3 Å². The van der Waals surface area contributed by atoms with E-state index in [0.717, 1.165) is 9.87 Å². The van der Waals surface area contributed by atoms with Crippen LogP contribution in [0.25, 0.3) is 0 Å². The average Bonchev–Trinajstić information content (AvgIpc) is 2.91.